The minimum absolute atomic E-state index is 0.140. The molecule has 0 amide bonds. The molecule has 1 unspecified atom stereocenters. The SMILES string of the molecule is CC(C)CC1(C)C=Cc2nc(-c3ccccc3)sc2C=C1. The lowest BCUT2D eigenvalue weighted by Gasteiger charge is -2.23. The summed E-state index contributed by atoms with van der Waals surface area (Å²) in [5, 5.41) is 1.10. The Morgan fingerprint density at radius 1 is 1.10 bits per heavy atom. The van der Waals surface area contributed by atoms with Gasteiger partial charge in [-0.05, 0) is 24.5 Å². The molecule has 1 aliphatic rings. The molecule has 0 fully saturated rings. The fourth-order valence-corrected chi connectivity index (χ4v) is 3.85. The second-order valence-electron chi connectivity index (χ2n) is 6.40. The van der Waals surface area contributed by atoms with E-state index in [4.69, 9.17) is 4.98 Å². The van der Waals surface area contributed by atoms with Gasteiger partial charge in [0, 0.05) is 11.0 Å². The van der Waals surface area contributed by atoms with Crippen molar-refractivity contribution in [1.29, 1.82) is 0 Å². The number of hydrogen-bond acceptors (Lipinski definition) is 2. The van der Waals surface area contributed by atoms with Crippen molar-refractivity contribution in [3.05, 3.63) is 53.1 Å². The maximum absolute atomic E-state index is 4.81. The van der Waals surface area contributed by atoms with E-state index in [1.165, 1.54) is 16.9 Å². The number of benzene rings is 1. The zero-order valence-corrected chi connectivity index (χ0v) is 13.7. The molecule has 0 aliphatic heterocycles. The van der Waals surface area contributed by atoms with Gasteiger partial charge in [-0.15, -0.1) is 11.3 Å². The first kappa shape index (κ1) is 14.3. The first-order valence-corrected chi connectivity index (χ1v) is 8.32. The van der Waals surface area contributed by atoms with Crippen LogP contribution in [0.2, 0.25) is 0 Å². The van der Waals surface area contributed by atoms with E-state index < -0.39 is 0 Å². The molecular weight excluding hydrogens is 274 g/mol. The summed E-state index contributed by atoms with van der Waals surface area (Å²) in [4.78, 5) is 6.07. The highest BCUT2D eigenvalue weighted by Crippen LogP contribution is 2.37. The molecule has 1 aromatic carbocycles. The Labute approximate surface area is 131 Å². The van der Waals surface area contributed by atoms with Gasteiger partial charge in [0.2, 0.25) is 0 Å². The van der Waals surface area contributed by atoms with Crippen LogP contribution in [0.15, 0.2) is 42.5 Å². The molecule has 108 valence electrons. The van der Waals surface area contributed by atoms with Crippen molar-refractivity contribution in [3.8, 4) is 10.6 Å². The van der Waals surface area contributed by atoms with Crippen molar-refractivity contribution >= 4 is 23.5 Å². The van der Waals surface area contributed by atoms with Crippen molar-refractivity contribution in [3.63, 3.8) is 0 Å². The number of rotatable bonds is 3. The smallest absolute Gasteiger partial charge is 0.124 e. The van der Waals surface area contributed by atoms with Gasteiger partial charge in [-0.2, -0.15) is 0 Å². The van der Waals surface area contributed by atoms with Crippen LogP contribution in [0.5, 0.6) is 0 Å². The largest absolute Gasteiger partial charge is 0.236 e. The number of hydrogen-bond donors (Lipinski definition) is 0. The van der Waals surface area contributed by atoms with Crippen molar-refractivity contribution < 1.29 is 0 Å². The van der Waals surface area contributed by atoms with E-state index >= 15 is 0 Å². The molecule has 1 aromatic heterocycles. The van der Waals surface area contributed by atoms with Gasteiger partial charge < -0.3 is 0 Å². The fourth-order valence-electron chi connectivity index (χ4n) is 2.89. The molecule has 1 aliphatic carbocycles. The average Bonchev–Trinajstić information content (AvgIpc) is 2.81. The summed E-state index contributed by atoms with van der Waals surface area (Å²) in [5.41, 5.74) is 2.44. The van der Waals surface area contributed by atoms with Crippen molar-refractivity contribution in [1.82, 2.24) is 4.98 Å². The Balaban J connectivity index is 1.92. The van der Waals surface area contributed by atoms with E-state index in [0.29, 0.717) is 5.92 Å². The maximum Gasteiger partial charge on any atom is 0.124 e. The van der Waals surface area contributed by atoms with Crippen LogP contribution in [-0.4, -0.2) is 4.98 Å². The summed E-state index contributed by atoms with van der Waals surface area (Å²) in [7, 11) is 0. The van der Waals surface area contributed by atoms with E-state index in [0.717, 1.165) is 10.7 Å². The summed E-state index contributed by atoms with van der Waals surface area (Å²) in [6.07, 6.45) is 10.3. The van der Waals surface area contributed by atoms with Crippen molar-refractivity contribution in [2.45, 2.75) is 27.2 Å². The molecule has 2 heteroatoms. The molecular formula is C19H21NS. The van der Waals surface area contributed by atoms with Crippen LogP contribution >= 0.6 is 11.3 Å². The minimum Gasteiger partial charge on any atom is -0.236 e. The summed E-state index contributed by atoms with van der Waals surface area (Å²) >= 11 is 1.77. The normalized spacial score (nSPS) is 20.6. The van der Waals surface area contributed by atoms with E-state index in [-0.39, 0.29) is 5.41 Å². The number of nitrogens with zero attached hydrogens (tertiary/aromatic N) is 1. The zero-order valence-electron chi connectivity index (χ0n) is 12.8. The molecule has 0 N–H and O–H groups in total. The molecule has 2 aromatic rings. The Hall–Kier alpha value is -1.67. The number of thiazole rings is 1. The van der Waals surface area contributed by atoms with Crippen LogP contribution in [0.25, 0.3) is 22.7 Å². The summed E-state index contributed by atoms with van der Waals surface area (Å²) in [6, 6.07) is 10.4. The number of fused-ring (bicyclic) bond motifs is 1. The highest BCUT2D eigenvalue weighted by atomic mass is 32.1. The third-order valence-corrected chi connectivity index (χ3v) is 4.87. The molecule has 0 bridgehead atoms. The lowest BCUT2D eigenvalue weighted by molar-refractivity contribution is 0.413. The molecule has 0 radical (unpaired) electrons. The van der Waals surface area contributed by atoms with Gasteiger partial charge in [-0.3, -0.25) is 0 Å². The van der Waals surface area contributed by atoms with E-state index in [1.807, 2.05) is 6.07 Å². The third kappa shape index (κ3) is 3.16. The van der Waals surface area contributed by atoms with E-state index in [9.17, 15) is 0 Å². The highest BCUT2D eigenvalue weighted by molar-refractivity contribution is 7.16. The number of aromatic nitrogens is 1. The predicted octanol–water partition coefficient (Wildman–Crippen LogP) is 5.90. The molecule has 3 rings (SSSR count). The van der Waals surface area contributed by atoms with Gasteiger partial charge in [0.05, 0.1) is 10.6 Å². The lowest BCUT2D eigenvalue weighted by Crippen LogP contribution is -2.12. The maximum atomic E-state index is 4.81. The van der Waals surface area contributed by atoms with Crippen LogP contribution < -0.4 is 0 Å². The topological polar surface area (TPSA) is 12.9 Å². The monoisotopic (exact) mass is 295 g/mol. The van der Waals surface area contributed by atoms with E-state index in [2.05, 4.69) is 69.3 Å². The molecule has 1 atom stereocenters. The first-order chi connectivity index (χ1) is 10.1. The van der Waals surface area contributed by atoms with Gasteiger partial charge in [0.1, 0.15) is 5.01 Å². The Bertz CT molecular complexity index is 645. The summed E-state index contributed by atoms with van der Waals surface area (Å²) in [5.74, 6) is 0.688. The van der Waals surface area contributed by atoms with Gasteiger partial charge in [0.15, 0.2) is 0 Å². The second-order valence-corrected chi connectivity index (χ2v) is 7.44. The van der Waals surface area contributed by atoms with Gasteiger partial charge in [0.25, 0.3) is 0 Å². The average molecular weight is 295 g/mol. The predicted molar refractivity (Wildman–Crippen MR) is 93.2 cm³/mol. The third-order valence-electron chi connectivity index (χ3n) is 3.79. The minimum atomic E-state index is 0.140. The Morgan fingerprint density at radius 3 is 2.52 bits per heavy atom. The molecule has 1 heterocycles. The molecule has 21 heavy (non-hydrogen) atoms. The van der Waals surface area contributed by atoms with Crippen molar-refractivity contribution in [2.24, 2.45) is 11.3 Å². The van der Waals surface area contributed by atoms with Crippen LogP contribution in [0.3, 0.4) is 0 Å². The van der Waals surface area contributed by atoms with Gasteiger partial charge >= 0.3 is 0 Å². The Morgan fingerprint density at radius 2 is 1.81 bits per heavy atom. The first-order valence-electron chi connectivity index (χ1n) is 7.50. The highest BCUT2D eigenvalue weighted by Gasteiger charge is 2.22. The van der Waals surface area contributed by atoms with Gasteiger partial charge in [-0.1, -0.05) is 63.3 Å². The molecule has 0 saturated heterocycles. The zero-order chi connectivity index (χ0) is 14.9. The van der Waals surface area contributed by atoms with Crippen molar-refractivity contribution in [2.75, 3.05) is 0 Å². The summed E-state index contributed by atoms with van der Waals surface area (Å²) < 4.78 is 0. The molecule has 0 saturated carbocycles. The van der Waals surface area contributed by atoms with Crippen LogP contribution in [0, 0.1) is 11.3 Å². The van der Waals surface area contributed by atoms with Crippen LogP contribution in [0.4, 0.5) is 0 Å². The molecule has 0 spiro atoms. The van der Waals surface area contributed by atoms with Crippen LogP contribution in [-0.2, 0) is 0 Å². The van der Waals surface area contributed by atoms with Crippen LogP contribution in [0.1, 0.15) is 37.8 Å². The Kier molecular flexibility index (Phi) is 3.81. The van der Waals surface area contributed by atoms with Gasteiger partial charge in [-0.25, -0.2) is 4.98 Å². The van der Waals surface area contributed by atoms with E-state index in [1.54, 1.807) is 11.3 Å². The quantitative estimate of drug-likeness (QED) is 0.686. The summed E-state index contributed by atoms with van der Waals surface area (Å²) in [6.45, 7) is 6.85. The standard InChI is InChI=1S/C19H21NS/c1-14(2)13-19(3)11-9-16-17(10-12-19)21-18(20-16)15-7-5-4-6-8-15/h4-12,14H,13H2,1-3H3. The fraction of sp³-hybridized carbons (Fsp3) is 0.316. The molecule has 1 nitrogen and oxygen atoms in total. The second kappa shape index (κ2) is 5.61. The number of allylic oxidation sites excluding steroid dienone is 2. The lowest BCUT2D eigenvalue weighted by atomic mass is 9.82.